The van der Waals surface area contributed by atoms with Crippen LogP contribution in [0.25, 0.3) is 10.9 Å². The monoisotopic (exact) mass is 336 g/mol. The van der Waals surface area contributed by atoms with Crippen molar-refractivity contribution in [3.05, 3.63) is 71.9 Å². The average Bonchev–Trinajstić information content (AvgIpc) is 3.04. The molecule has 1 heterocycles. The second kappa shape index (κ2) is 8.49. The van der Waals surface area contributed by atoms with Gasteiger partial charge in [-0.3, -0.25) is 4.79 Å². The number of amides is 1. The molecular formula is C21H24N2O2. The van der Waals surface area contributed by atoms with E-state index in [1.807, 2.05) is 42.6 Å². The van der Waals surface area contributed by atoms with E-state index in [0.717, 1.165) is 18.4 Å². The van der Waals surface area contributed by atoms with Gasteiger partial charge in [0.15, 0.2) is 0 Å². The van der Waals surface area contributed by atoms with Crippen LogP contribution >= 0.6 is 0 Å². The smallest absolute Gasteiger partial charge is 0.220 e. The number of aromatic nitrogens is 1. The maximum atomic E-state index is 12.4. The van der Waals surface area contributed by atoms with Crippen LogP contribution in [0.1, 0.15) is 17.5 Å². The lowest BCUT2D eigenvalue weighted by Crippen LogP contribution is -2.39. The number of benzene rings is 2. The van der Waals surface area contributed by atoms with Crippen LogP contribution in [0.2, 0.25) is 0 Å². The number of carbonyl (C=O) groups excluding carboxylic acids is 1. The summed E-state index contributed by atoms with van der Waals surface area (Å²) in [6.07, 6.45) is 3.96. The highest BCUT2D eigenvalue weighted by Gasteiger charge is 2.14. The van der Waals surface area contributed by atoms with Crippen LogP contribution < -0.4 is 5.32 Å². The second-order valence-electron chi connectivity index (χ2n) is 6.27. The number of rotatable bonds is 8. The molecule has 25 heavy (non-hydrogen) atoms. The molecular weight excluding hydrogens is 312 g/mol. The topological polar surface area (TPSA) is 54.1 Å². The van der Waals surface area contributed by atoms with E-state index < -0.39 is 0 Å². The van der Waals surface area contributed by atoms with Gasteiger partial charge in [0.05, 0.1) is 12.6 Å². The standard InChI is InChI=1S/C21H24N2O2/c1-25-15-18(13-16-7-3-2-4-8-16)23-21(24)12-11-17-14-22-20-10-6-5-9-19(17)20/h2-10,14,18,22H,11-13,15H2,1H3,(H,23,24). The van der Waals surface area contributed by atoms with Gasteiger partial charge in [-0.2, -0.15) is 0 Å². The molecule has 2 N–H and O–H groups in total. The van der Waals surface area contributed by atoms with Gasteiger partial charge >= 0.3 is 0 Å². The largest absolute Gasteiger partial charge is 0.383 e. The Morgan fingerprint density at radius 2 is 1.88 bits per heavy atom. The average molecular weight is 336 g/mol. The highest BCUT2D eigenvalue weighted by molar-refractivity contribution is 5.84. The summed E-state index contributed by atoms with van der Waals surface area (Å²) in [5.74, 6) is 0.0586. The Kier molecular flexibility index (Phi) is 5.86. The van der Waals surface area contributed by atoms with Gasteiger partial charge in [-0.1, -0.05) is 48.5 Å². The summed E-state index contributed by atoms with van der Waals surface area (Å²) in [4.78, 5) is 15.6. The minimum absolute atomic E-state index is 0.0112. The molecule has 1 atom stereocenters. The summed E-state index contributed by atoms with van der Waals surface area (Å²) < 4.78 is 5.27. The molecule has 0 bridgehead atoms. The SMILES string of the molecule is COCC(Cc1ccccc1)NC(=O)CCc1c[nH]c2ccccc12. The van der Waals surface area contributed by atoms with Crippen molar-refractivity contribution in [3.63, 3.8) is 0 Å². The number of ether oxygens (including phenoxy) is 1. The number of methoxy groups -OCH3 is 1. The van der Waals surface area contributed by atoms with Crippen molar-refractivity contribution in [1.29, 1.82) is 0 Å². The number of hydrogen-bond donors (Lipinski definition) is 2. The van der Waals surface area contributed by atoms with Crippen LogP contribution in [0.5, 0.6) is 0 Å². The molecule has 1 unspecified atom stereocenters. The zero-order chi connectivity index (χ0) is 17.5. The molecule has 2 aromatic carbocycles. The molecule has 0 spiro atoms. The first-order valence-electron chi connectivity index (χ1n) is 8.63. The molecule has 0 aliphatic carbocycles. The zero-order valence-electron chi connectivity index (χ0n) is 14.5. The van der Waals surface area contributed by atoms with Crippen LogP contribution in [0, 0.1) is 0 Å². The van der Waals surface area contributed by atoms with Gasteiger partial charge in [0.2, 0.25) is 5.91 Å². The molecule has 4 heteroatoms. The number of aryl methyl sites for hydroxylation is 1. The summed E-state index contributed by atoms with van der Waals surface area (Å²) >= 11 is 0. The van der Waals surface area contributed by atoms with Crippen molar-refractivity contribution >= 4 is 16.8 Å². The van der Waals surface area contributed by atoms with Crippen LogP contribution in [-0.2, 0) is 22.4 Å². The van der Waals surface area contributed by atoms with Gasteiger partial charge < -0.3 is 15.0 Å². The van der Waals surface area contributed by atoms with Crippen molar-refractivity contribution in [1.82, 2.24) is 10.3 Å². The van der Waals surface area contributed by atoms with Crippen molar-refractivity contribution in [3.8, 4) is 0 Å². The fourth-order valence-electron chi connectivity index (χ4n) is 3.14. The summed E-state index contributed by atoms with van der Waals surface area (Å²) in [5, 5.41) is 4.29. The van der Waals surface area contributed by atoms with Crippen LogP contribution in [0.3, 0.4) is 0 Å². The minimum atomic E-state index is -0.0112. The van der Waals surface area contributed by atoms with E-state index in [4.69, 9.17) is 4.74 Å². The van der Waals surface area contributed by atoms with Crippen LogP contribution in [0.4, 0.5) is 0 Å². The van der Waals surface area contributed by atoms with Gasteiger partial charge in [-0.05, 0) is 30.0 Å². The Morgan fingerprint density at radius 1 is 1.12 bits per heavy atom. The van der Waals surface area contributed by atoms with Crippen molar-refractivity contribution < 1.29 is 9.53 Å². The minimum Gasteiger partial charge on any atom is -0.383 e. The molecule has 1 aromatic heterocycles. The third-order valence-corrected chi connectivity index (χ3v) is 4.35. The van der Waals surface area contributed by atoms with Gasteiger partial charge in [0.1, 0.15) is 0 Å². The Labute approximate surface area is 148 Å². The predicted molar refractivity (Wildman–Crippen MR) is 101 cm³/mol. The lowest BCUT2D eigenvalue weighted by atomic mass is 10.1. The number of carbonyl (C=O) groups is 1. The van der Waals surface area contributed by atoms with Gasteiger partial charge in [-0.15, -0.1) is 0 Å². The summed E-state index contributed by atoms with van der Waals surface area (Å²) in [6.45, 7) is 0.508. The van der Waals surface area contributed by atoms with Gasteiger partial charge in [0.25, 0.3) is 0 Å². The molecule has 4 nitrogen and oxygen atoms in total. The lowest BCUT2D eigenvalue weighted by Gasteiger charge is -2.18. The normalized spacial score (nSPS) is 12.2. The van der Waals surface area contributed by atoms with Gasteiger partial charge in [0, 0.05) is 30.6 Å². The lowest BCUT2D eigenvalue weighted by molar-refractivity contribution is -0.122. The molecule has 0 fully saturated rings. The van der Waals surface area contributed by atoms with E-state index in [1.54, 1.807) is 7.11 Å². The molecule has 1 amide bonds. The molecule has 3 rings (SSSR count). The number of hydrogen-bond acceptors (Lipinski definition) is 2. The zero-order valence-corrected chi connectivity index (χ0v) is 14.5. The maximum absolute atomic E-state index is 12.4. The number of aromatic amines is 1. The van der Waals surface area contributed by atoms with E-state index >= 15 is 0 Å². The Balaban J connectivity index is 1.56. The Hall–Kier alpha value is -2.59. The summed E-state index contributed by atoms with van der Waals surface area (Å²) in [5.41, 5.74) is 3.48. The molecule has 0 saturated heterocycles. The van der Waals surface area contributed by atoms with E-state index in [9.17, 15) is 4.79 Å². The maximum Gasteiger partial charge on any atom is 0.220 e. The summed E-state index contributed by atoms with van der Waals surface area (Å²) in [7, 11) is 1.66. The van der Waals surface area contributed by atoms with Crippen molar-refractivity contribution in [2.45, 2.75) is 25.3 Å². The Bertz CT molecular complexity index is 811. The molecule has 0 saturated carbocycles. The fourth-order valence-corrected chi connectivity index (χ4v) is 3.14. The third-order valence-electron chi connectivity index (χ3n) is 4.35. The van der Waals surface area contributed by atoms with Crippen LogP contribution in [0.15, 0.2) is 60.8 Å². The first kappa shape index (κ1) is 17.2. The molecule has 0 radical (unpaired) electrons. The van der Waals surface area contributed by atoms with Gasteiger partial charge in [-0.25, -0.2) is 0 Å². The second-order valence-corrected chi connectivity index (χ2v) is 6.27. The van der Waals surface area contributed by atoms with E-state index in [1.165, 1.54) is 16.5 Å². The predicted octanol–water partition coefficient (Wildman–Crippen LogP) is 3.47. The van der Waals surface area contributed by atoms with Crippen molar-refractivity contribution in [2.24, 2.45) is 0 Å². The van der Waals surface area contributed by atoms with Crippen LogP contribution in [-0.4, -0.2) is 30.6 Å². The first-order valence-corrected chi connectivity index (χ1v) is 8.63. The van der Waals surface area contributed by atoms with Crippen molar-refractivity contribution in [2.75, 3.05) is 13.7 Å². The van der Waals surface area contributed by atoms with E-state index in [-0.39, 0.29) is 11.9 Å². The highest BCUT2D eigenvalue weighted by atomic mass is 16.5. The number of fused-ring (bicyclic) bond motifs is 1. The fraction of sp³-hybridized carbons (Fsp3) is 0.286. The van der Waals surface area contributed by atoms with E-state index in [2.05, 4.69) is 28.5 Å². The molecule has 130 valence electrons. The number of para-hydroxylation sites is 1. The quantitative estimate of drug-likeness (QED) is 0.662. The third kappa shape index (κ3) is 4.70. The number of nitrogens with one attached hydrogen (secondary N) is 2. The Morgan fingerprint density at radius 3 is 2.68 bits per heavy atom. The molecule has 0 aliphatic rings. The number of H-pyrrole nitrogens is 1. The highest BCUT2D eigenvalue weighted by Crippen LogP contribution is 2.18. The van der Waals surface area contributed by atoms with E-state index in [0.29, 0.717) is 13.0 Å². The summed E-state index contributed by atoms with van der Waals surface area (Å²) in [6, 6.07) is 18.3. The molecule has 3 aromatic rings. The molecule has 0 aliphatic heterocycles. The first-order chi connectivity index (χ1) is 12.3.